The molecule has 0 aliphatic rings. The van der Waals surface area contributed by atoms with E-state index in [-0.39, 0.29) is 11.5 Å². The molecular formula is C18H26N2O4. The van der Waals surface area contributed by atoms with Crippen molar-refractivity contribution in [1.29, 1.82) is 0 Å². The number of aliphatic hydroxyl groups excluding tert-OH is 1. The number of hydrogen-bond acceptors (Lipinski definition) is 4. The molecule has 0 aromatic heterocycles. The van der Waals surface area contributed by atoms with Gasteiger partial charge in [-0.25, -0.2) is 0 Å². The topological polar surface area (TPSA) is 89.9 Å². The lowest BCUT2D eigenvalue weighted by atomic mass is 9.95. The predicted octanol–water partition coefficient (Wildman–Crippen LogP) is 0.695. The first-order valence-electron chi connectivity index (χ1n) is 7.88. The second kappa shape index (κ2) is 9.20. The van der Waals surface area contributed by atoms with E-state index < -0.39 is 24.2 Å². The van der Waals surface area contributed by atoms with Gasteiger partial charge in [-0.3, -0.25) is 9.59 Å². The number of carbonyl (C=O) groups excluding carboxylic acids is 2. The van der Waals surface area contributed by atoms with Crippen LogP contribution >= 0.6 is 0 Å². The summed E-state index contributed by atoms with van der Waals surface area (Å²) in [5.74, 6) is -1.43. The largest absolute Gasteiger partial charge is 0.365 e. The Morgan fingerprint density at radius 2 is 1.79 bits per heavy atom. The zero-order valence-electron chi connectivity index (χ0n) is 14.4. The third kappa shape index (κ3) is 5.47. The first-order valence-corrected chi connectivity index (χ1v) is 7.88. The van der Waals surface area contributed by atoms with Gasteiger partial charge in [0.25, 0.3) is 0 Å². The predicted molar refractivity (Wildman–Crippen MR) is 91.9 cm³/mol. The van der Waals surface area contributed by atoms with Crippen LogP contribution < -0.4 is 5.32 Å². The molecule has 0 spiro atoms. The first-order chi connectivity index (χ1) is 11.3. The van der Waals surface area contributed by atoms with E-state index in [1.165, 1.54) is 4.90 Å². The molecule has 0 radical (unpaired) electrons. The summed E-state index contributed by atoms with van der Waals surface area (Å²) < 4.78 is 0. The van der Waals surface area contributed by atoms with E-state index in [2.05, 4.69) is 11.9 Å². The fourth-order valence-electron chi connectivity index (χ4n) is 2.43. The Kier molecular flexibility index (Phi) is 7.61. The Hall–Kier alpha value is -2.18. The minimum atomic E-state index is -1.77. The van der Waals surface area contributed by atoms with Gasteiger partial charge in [0, 0.05) is 20.5 Å². The zero-order chi connectivity index (χ0) is 18.3. The molecule has 0 bridgehead atoms. The standard InChI is InChI=1S/C18H26N2O4/c1-5-14(12(2)18(23)24)16(21)19-15(17(22)20(3)4)11-13-9-7-6-8-10-13/h6-10,14-15,18,23-24H,2,5,11H2,1,3-4H3,(H,19,21). The average Bonchev–Trinajstić information content (AvgIpc) is 2.54. The van der Waals surface area contributed by atoms with Gasteiger partial charge in [0.2, 0.25) is 11.8 Å². The van der Waals surface area contributed by atoms with Crippen LogP contribution in [0.4, 0.5) is 0 Å². The maximum Gasteiger partial charge on any atom is 0.244 e. The van der Waals surface area contributed by atoms with Crippen molar-refractivity contribution in [2.75, 3.05) is 14.1 Å². The van der Waals surface area contributed by atoms with Crippen LogP contribution in [0.2, 0.25) is 0 Å². The molecule has 6 heteroatoms. The molecule has 2 unspecified atom stereocenters. The highest BCUT2D eigenvalue weighted by molar-refractivity contribution is 5.89. The number of carbonyl (C=O) groups is 2. The third-order valence-electron chi connectivity index (χ3n) is 3.84. The molecule has 1 rings (SSSR count). The molecule has 2 amide bonds. The Balaban J connectivity index is 2.93. The molecule has 3 N–H and O–H groups in total. The summed E-state index contributed by atoms with van der Waals surface area (Å²) in [5, 5.41) is 21.2. The average molecular weight is 334 g/mol. The summed E-state index contributed by atoms with van der Waals surface area (Å²) >= 11 is 0. The van der Waals surface area contributed by atoms with Gasteiger partial charge in [-0.05, 0) is 17.6 Å². The van der Waals surface area contributed by atoms with E-state index in [0.29, 0.717) is 12.8 Å². The molecule has 24 heavy (non-hydrogen) atoms. The van der Waals surface area contributed by atoms with Gasteiger partial charge in [-0.1, -0.05) is 43.8 Å². The van der Waals surface area contributed by atoms with E-state index >= 15 is 0 Å². The van der Waals surface area contributed by atoms with Gasteiger partial charge >= 0.3 is 0 Å². The quantitative estimate of drug-likeness (QED) is 0.482. The lowest BCUT2D eigenvalue weighted by molar-refractivity contribution is -0.135. The molecule has 0 saturated heterocycles. The fourth-order valence-corrected chi connectivity index (χ4v) is 2.43. The summed E-state index contributed by atoms with van der Waals surface area (Å²) in [4.78, 5) is 26.3. The van der Waals surface area contributed by atoms with E-state index in [4.69, 9.17) is 0 Å². The van der Waals surface area contributed by atoms with Crippen LogP contribution in [0.15, 0.2) is 42.5 Å². The summed E-state index contributed by atoms with van der Waals surface area (Å²) in [6.45, 7) is 5.31. The molecular weight excluding hydrogens is 308 g/mol. The number of aliphatic hydroxyl groups is 2. The second-order valence-corrected chi connectivity index (χ2v) is 5.89. The third-order valence-corrected chi connectivity index (χ3v) is 3.84. The highest BCUT2D eigenvalue weighted by Gasteiger charge is 2.29. The Bertz CT molecular complexity index is 570. The van der Waals surface area contributed by atoms with Crippen molar-refractivity contribution in [1.82, 2.24) is 10.2 Å². The molecule has 1 aromatic rings. The van der Waals surface area contributed by atoms with E-state index in [9.17, 15) is 19.8 Å². The summed E-state index contributed by atoms with van der Waals surface area (Å²) in [6.07, 6.45) is -1.05. The van der Waals surface area contributed by atoms with Crippen LogP contribution in [-0.2, 0) is 16.0 Å². The van der Waals surface area contributed by atoms with Crippen molar-refractivity contribution in [2.45, 2.75) is 32.1 Å². The summed E-state index contributed by atoms with van der Waals surface area (Å²) in [7, 11) is 3.25. The number of rotatable bonds is 8. The van der Waals surface area contributed by atoms with Gasteiger partial charge in [-0.15, -0.1) is 0 Å². The molecule has 0 aliphatic heterocycles. The van der Waals surface area contributed by atoms with Crippen LogP contribution in [0.1, 0.15) is 18.9 Å². The van der Waals surface area contributed by atoms with Gasteiger partial charge in [0.15, 0.2) is 6.29 Å². The van der Waals surface area contributed by atoms with Crippen molar-refractivity contribution in [3.63, 3.8) is 0 Å². The highest BCUT2D eigenvalue weighted by Crippen LogP contribution is 2.17. The van der Waals surface area contributed by atoms with Crippen molar-refractivity contribution < 1.29 is 19.8 Å². The van der Waals surface area contributed by atoms with Crippen molar-refractivity contribution in [3.05, 3.63) is 48.0 Å². The van der Waals surface area contributed by atoms with Crippen LogP contribution in [0.3, 0.4) is 0 Å². The van der Waals surface area contributed by atoms with Crippen LogP contribution in [0.5, 0.6) is 0 Å². The molecule has 0 aliphatic carbocycles. The lowest BCUT2D eigenvalue weighted by Crippen LogP contribution is -2.49. The molecule has 0 heterocycles. The second-order valence-electron chi connectivity index (χ2n) is 5.89. The molecule has 2 atom stereocenters. The Morgan fingerprint density at radius 1 is 1.21 bits per heavy atom. The van der Waals surface area contributed by atoms with Gasteiger partial charge in [0.05, 0.1) is 5.92 Å². The van der Waals surface area contributed by atoms with Crippen molar-refractivity contribution in [2.24, 2.45) is 5.92 Å². The molecule has 6 nitrogen and oxygen atoms in total. The minimum absolute atomic E-state index is 0.0192. The van der Waals surface area contributed by atoms with Crippen molar-refractivity contribution in [3.8, 4) is 0 Å². The fraction of sp³-hybridized carbons (Fsp3) is 0.444. The van der Waals surface area contributed by atoms with Gasteiger partial charge in [0.1, 0.15) is 6.04 Å². The lowest BCUT2D eigenvalue weighted by Gasteiger charge is -2.25. The summed E-state index contributed by atoms with van der Waals surface area (Å²) in [6, 6.07) is 8.66. The number of nitrogens with one attached hydrogen (secondary N) is 1. The van der Waals surface area contributed by atoms with E-state index in [0.717, 1.165) is 5.56 Å². The number of amides is 2. The number of likely N-dealkylation sites (N-methyl/N-ethyl adjacent to an activating group) is 1. The number of benzene rings is 1. The normalized spacial score (nSPS) is 13.2. The SMILES string of the molecule is C=C(C(O)O)C(CC)C(=O)NC(Cc1ccccc1)C(=O)N(C)C. The summed E-state index contributed by atoms with van der Waals surface area (Å²) in [5.41, 5.74) is 0.942. The number of nitrogens with zero attached hydrogens (tertiary/aromatic N) is 1. The van der Waals surface area contributed by atoms with E-state index in [1.807, 2.05) is 30.3 Å². The molecule has 0 fully saturated rings. The molecule has 132 valence electrons. The first kappa shape index (κ1) is 19.9. The smallest absolute Gasteiger partial charge is 0.244 e. The Labute approximate surface area is 142 Å². The zero-order valence-corrected chi connectivity index (χ0v) is 14.4. The van der Waals surface area contributed by atoms with Crippen molar-refractivity contribution >= 4 is 11.8 Å². The van der Waals surface area contributed by atoms with Gasteiger partial charge < -0.3 is 20.4 Å². The maximum absolute atomic E-state index is 12.5. The van der Waals surface area contributed by atoms with Gasteiger partial charge in [-0.2, -0.15) is 0 Å². The molecule has 1 aromatic carbocycles. The van der Waals surface area contributed by atoms with E-state index in [1.54, 1.807) is 21.0 Å². The maximum atomic E-state index is 12.5. The van der Waals surface area contributed by atoms with Crippen LogP contribution in [0, 0.1) is 5.92 Å². The minimum Gasteiger partial charge on any atom is -0.365 e. The molecule has 0 saturated carbocycles. The monoisotopic (exact) mass is 334 g/mol. The van der Waals surface area contributed by atoms with Crippen LogP contribution in [-0.4, -0.2) is 53.4 Å². The number of hydrogen-bond donors (Lipinski definition) is 3. The Morgan fingerprint density at radius 3 is 2.25 bits per heavy atom. The van der Waals surface area contributed by atoms with Crippen LogP contribution in [0.25, 0.3) is 0 Å². The highest BCUT2D eigenvalue weighted by atomic mass is 16.5.